The number of hydrogen-bond acceptors (Lipinski definition) is 9. The van der Waals surface area contributed by atoms with Crippen molar-refractivity contribution in [3.63, 3.8) is 0 Å². The molecule has 12 nitrogen and oxygen atoms in total. The summed E-state index contributed by atoms with van der Waals surface area (Å²) in [5.74, 6) is 0.419. The molecule has 11 aromatic rings. The monoisotopic (exact) mass is 1100 g/mol. The highest BCUT2D eigenvalue weighted by Crippen LogP contribution is 2.49. The zero-order valence-electron chi connectivity index (χ0n) is 46.7. The highest BCUT2D eigenvalue weighted by atomic mass is 16.6. The molecule has 418 valence electrons. The first-order chi connectivity index (χ1) is 40.9. The Morgan fingerprint density at radius 1 is 0.458 bits per heavy atom. The molecule has 1 saturated heterocycles. The number of nitrogens with zero attached hydrogens (tertiary/aromatic N) is 2. The number of imide groups is 1. The molecule has 5 atom stereocenters. The molecular formula is C71H65N3O9. The molecule has 0 saturated carbocycles. The highest BCUT2D eigenvalue weighted by Gasteiger charge is 2.51. The minimum Gasteiger partial charge on any atom is -0.489 e. The van der Waals surface area contributed by atoms with Crippen LogP contribution in [0.25, 0.3) is 43.6 Å². The van der Waals surface area contributed by atoms with E-state index in [-0.39, 0.29) is 26.4 Å². The van der Waals surface area contributed by atoms with Crippen molar-refractivity contribution in [1.29, 1.82) is 0 Å². The summed E-state index contributed by atoms with van der Waals surface area (Å²) in [5.41, 5.74) is 9.20. The number of H-pyrrole nitrogens is 1. The van der Waals surface area contributed by atoms with Crippen molar-refractivity contribution in [3.05, 3.63) is 263 Å². The number of aromatic nitrogens is 2. The molecule has 1 N–H and O–H groups in total. The molecule has 1 fully saturated rings. The van der Waals surface area contributed by atoms with Crippen LogP contribution in [-0.2, 0) is 63.3 Å². The van der Waals surface area contributed by atoms with E-state index in [1.54, 1.807) is 7.05 Å². The fourth-order valence-corrected chi connectivity index (χ4v) is 11.4. The van der Waals surface area contributed by atoms with Crippen LogP contribution >= 0.6 is 0 Å². The van der Waals surface area contributed by atoms with Gasteiger partial charge in [-0.3, -0.25) is 14.5 Å². The van der Waals surface area contributed by atoms with Crippen molar-refractivity contribution in [2.45, 2.75) is 84.1 Å². The Labute approximate surface area is 482 Å². The molecule has 0 bridgehead atoms. The molecule has 2 aliphatic rings. The maximum absolute atomic E-state index is 15.0. The van der Waals surface area contributed by atoms with Gasteiger partial charge in [-0.25, -0.2) is 0 Å². The minimum atomic E-state index is -0.997. The SMILES string of the molecule is CC.CN1C(=O)c2c(c3c4ccc(OCc5ccccc5)cc4n(C4OC(COCc5ccccc5)C(OCc5ccccc5)C(OCc5ccccc5)C4OCc4ccccc4)c3c3[nH]c4cc(OCc5ccccc5)ccc4c23)C1=O. The molecule has 2 amide bonds. The van der Waals surface area contributed by atoms with Crippen LogP contribution in [-0.4, -0.2) is 64.3 Å². The van der Waals surface area contributed by atoms with Crippen molar-refractivity contribution in [2.75, 3.05) is 13.7 Å². The second-order valence-corrected chi connectivity index (χ2v) is 20.7. The lowest BCUT2D eigenvalue weighted by Crippen LogP contribution is -2.59. The molecule has 13 rings (SSSR count). The predicted molar refractivity (Wildman–Crippen MR) is 323 cm³/mol. The van der Waals surface area contributed by atoms with Gasteiger partial charge in [0.05, 0.1) is 66.2 Å². The lowest BCUT2D eigenvalue weighted by molar-refractivity contribution is -0.288. The molecule has 2 aromatic heterocycles. The topological polar surface area (TPSA) is 123 Å². The maximum Gasteiger partial charge on any atom is 0.262 e. The van der Waals surface area contributed by atoms with Gasteiger partial charge in [0, 0.05) is 40.7 Å². The first-order valence-corrected chi connectivity index (χ1v) is 28.4. The number of ether oxygens (including phenoxy) is 7. The van der Waals surface area contributed by atoms with E-state index in [9.17, 15) is 9.59 Å². The number of benzene rings is 9. The summed E-state index contributed by atoms with van der Waals surface area (Å²) in [6, 6.07) is 72.0. The first-order valence-electron chi connectivity index (χ1n) is 28.4. The van der Waals surface area contributed by atoms with Gasteiger partial charge in [-0.1, -0.05) is 196 Å². The van der Waals surface area contributed by atoms with E-state index >= 15 is 0 Å². The van der Waals surface area contributed by atoms with Crippen LogP contribution < -0.4 is 9.47 Å². The summed E-state index contributed by atoms with van der Waals surface area (Å²) < 4.78 is 51.4. The predicted octanol–water partition coefficient (Wildman–Crippen LogP) is 14.7. The lowest BCUT2D eigenvalue weighted by Gasteiger charge is -2.47. The van der Waals surface area contributed by atoms with Gasteiger partial charge in [-0.2, -0.15) is 0 Å². The van der Waals surface area contributed by atoms with E-state index < -0.39 is 42.5 Å². The van der Waals surface area contributed by atoms with Crippen LogP contribution in [0.5, 0.6) is 11.5 Å². The average Bonchev–Trinajstić information content (AvgIpc) is 1.91. The number of aromatic amines is 1. The molecule has 12 heteroatoms. The van der Waals surface area contributed by atoms with Crippen molar-refractivity contribution in [2.24, 2.45) is 0 Å². The molecule has 0 aliphatic carbocycles. The number of rotatable bonds is 20. The normalized spacial score (nSPS) is 17.7. The highest BCUT2D eigenvalue weighted by molar-refractivity contribution is 6.39. The Balaban J connectivity index is 0.00000336. The van der Waals surface area contributed by atoms with Crippen LogP contribution in [0.15, 0.2) is 218 Å². The molecular weight excluding hydrogens is 1040 g/mol. The third kappa shape index (κ3) is 11.4. The van der Waals surface area contributed by atoms with Crippen molar-refractivity contribution < 1.29 is 42.7 Å². The smallest absolute Gasteiger partial charge is 0.262 e. The number of fused-ring (bicyclic) bond motifs is 10. The Morgan fingerprint density at radius 2 is 0.880 bits per heavy atom. The van der Waals surface area contributed by atoms with Crippen LogP contribution in [0.4, 0.5) is 0 Å². The molecule has 2 aliphatic heterocycles. The average molecular weight is 1100 g/mol. The Bertz CT molecular complexity index is 3990. The summed E-state index contributed by atoms with van der Waals surface area (Å²) >= 11 is 0. The number of hydrogen-bond donors (Lipinski definition) is 1. The largest absolute Gasteiger partial charge is 0.489 e. The van der Waals surface area contributed by atoms with E-state index in [0.717, 1.165) is 44.3 Å². The summed E-state index contributed by atoms with van der Waals surface area (Å²) in [7, 11) is 1.55. The van der Waals surface area contributed by atoms with Crippen LogP contribution in [0, 0.1) is 0 Å². The quantitative estimate of drug-likeness (QED) is 0.0743. The molecule has 5 unspecified atom stereocenters. The van der Waals surface area contributed by atoms with Gasteiger partial charge in [0.15, 0.2) is 6.23 Å². The number of nitrogens with one attached hydrogen (secondary N) is 1. The first kappa shape index (κ1) is 54.7. The lowest BCUT2D eigenvalue weighted by atomic mass is 9.95. The Morgan fingerprint density at radius 3 is 1.39 bits per heavy atom. The number of amides is 2. The summed E-state index contributed by atoms with van der Waals surface area (Å²) in [6.45, 7) is 5.78. The van der Waals surface area contributed by atoms with Gasteiger partial charge in [-0.15, -0.1) is 0 Å². The summed E-state index contributed by atoms with van der Waals surface area (Å²) in [5, 5.41) is 2.66. The fraction of sp³-hybridized carbons (Fsp3) is 0.211. The number of carbonyl (C=O) groups excluding carboxylic acids is 2. The van der Waals surface area contributed by atoms with E-state index in [1.807, 2.05) is 232 Å². The fourth-order valence-electron chi connectivity index (χ4n) is 11.4. The standard InChI is InChI=1S/C69H59N3O9.C2H6/c1-71-67(73)60-58-53-34-32-51(76-39-46-22-10-3-11-23-46)36-55(53)70-62(58)63-59(61(60)68(71)74)54-35-33-52(77-40-47-24-12-4-13-25-47)37-56(54)72(63)69-66(80-43-50-30-18-7-19-31-50)65(79-42-49-28-16-6-17-29-49)64(78-41-48-26-14-5-15-27-48)57(81-69)44-75-38-45-20-8-2-9-21-45;1-2/h2-37,57,64-66,69-70H,38-44H2,1H3;1-2H3. The zero-order chi connectivity index (χ0) is 56.7. The molecule has 4 heterocycles. The van der Waals surface area contributed by atoms with Crippen LogP contribution in [0.3, 0.4) is 0 Å². The van der Waals surface area contributed by atoms with Crippen LogP contribution in [0.2, 0.25) is 0 Å². The Kier molecular flexibility index (Phi) is 16.5. The van der Waals surface area contributed by atoms with Crippen molar-refractivity contribution in [3.8, 4) is 11.5 Å². The molecule has 0 spiro atoms. The molecule has 9 aromatic carbocycles. The van der Waals surface area contributed by atoms with Crippen LogP contribution in [0.1, 0.15) is 74.2 Å². The van der Waals surface area contributed by atoms with Crippen molar-refractivity contribution >= 4 is 55.4 Å². The second kappa shape index (κ2) is 25.1. The van der Waals surface area contributed by atoms with E-state index in [2.05, 4.69) is 9.55 Å². The summed E-state index contributed by atoms with van der Waals surface area (Å²) in [4.78, 5) is 34.8. The maximum atomic E-state index is 15.0. The van der Waals surface area contributed by atoms with Gasteiger partial charge in [0.2, 0.25) is 0 Å². The molecule has 0 radical (unpaired) electrons. The van der Waals surface area contributed by atoms with E-state index in [4.69, 9.17) is 33.2 Å². The third-order valence-corrected chi connectivity index (χ3v) is 15.4. The third-order valence-electron chi connectivity index (χ3n) is 15.4. The summed E-state index contributed by atoms with van der Waals surface area (Å²) in [6.07, 6.45) is -4.17. The zero-order valence-corrected chi connectivity index (χ0v) is 46.7. The van der Waals surface area contributed by atoms with Crippen molar-refractivity contribution in [1.82, 2.24) is 14.5 Å². The second-order valence-electron chi connectivity index (χ2n) is 20.7. The van der Waals surface area contributed by atoms with E-state index in [1.165, 1.54) is 4.90 Å². The van der Waals surface area contributed by atoms with Gasteiger partial charge in [-0.05, 0) is 57.6 Å². The Hall–Kier alpha value is -8.88. The molecule has 83 heavy (non-hydrogen) atoms. The minimum absolute atomic E-state index is 0.116. The van der Waals surface area contributed by atoms with Gasteiger partial charge >= 0.3 is 0 Å². The van der Waals surface area contributed by atoms with Gasteiger partial charge in [0.25, 0.3) is 11.8 Å². The van der Waals surface area contributed by atoms with Gasteiger partial charge in [0.1, 0.15) is 49.1 Å². The van der Waals surface area contributed by atoms with E-state index in [0.29, 0.717) is 75.2 Å². The number of carbonyl (C=O) groups is 2. The van der Waals surface area contributed by atoms with Gasteiger partial charge < -0.3 is 42.7 Å².